The van der Waals surface area contributed by atoms with Crippen LogP contribution in [0.3, 0.4) is 0 Å². The summed E-state index contributed by atoms with van der Waals surface area (Å²) in [5.41, 5.74) is 5.68. The van der Waals surface area contributed by atoms with E-state index in [4.69, 9.17) is 9.72 Å². The molecule has 0 N–H and O–H groups in total. The van der Waals surface area contributed by atoms with Crippen LogP contribution < -0.4 is 4.74 Å². The number of aromatic nitrogens is 1. The first kappa shape index (κ1) is 22.0. The maximum absolute atomic E-state index is 10.00. The van der Waals surface area contributed by atoms with Gasteiger partial charge in [-0.3, -0.25) is 0 Å². The summed E-state index contributed by atoms with van der Waals surface area (Å²) in [7, 11) is 1.66. The number of nitriles is 1. The number of nitrogens with zero attached hydrogens (tertiary/aromatic N) is 2. The highest BCUT2D eigenvalue weighted by Gasteiger charge is 2.16. The molecular weight excluding hydrogens is 432 g/mol. The van der Waals surface area contributed by atoms with Crippen LogP contribution in [0.15, 0.2) is 96.0 Å². The first-order valence-electron chi connectivity index (χ1n) is 10.2. The van der Waals surface area contributed by atoms with E-state index >= 15 is 0 Å². The van der Waals surface area contributed by atoms with E-state index in [1.807, 2.05) is 78.5 Å². The Morgan fingerprint density at radius 2 is 1.56 bits per heavy atom. The summed E-state index contributed by atoms with van der Waals surface area (Å²) in [5, 5.41) is 11.6. The summed E-state index contributed by atoms with van der Waals surface area (Å²) in [4.78, 5) is 4.89. The summed E-state index contributed by atoms with van der Waals surface area (Å²) in [6.45, 7) is 0. The zero-order valence-corrected chi connectivity index (χ0v) is 19.3. The molecule has 1 aromatic heterocycles. The molecule has 0 amide bonds. The van der Waals surface area contributed by atoms with Gasteiger partial charge >= 0.3 is 0 Å². The Bertz CT molecular complexity index is 1200. The van der Waals surface area contributed by atoms with Crippen LogP contribution >= 0.6 is 23.5 Å². The van der Waals surface area contributed by atoms with Gasteiger partial charge in [0.25, 0.3) is 0 Å². The van der Waals surface area contributed by atoms with Crippen molar-refractivity contribution in [2.75, 3.05) is 12.2 Å². The van der Waals surface area contributed by atoms with Gasteiger partial charge in [-0.05, 0) is 41.5 Å². The van der Waals surface area contributed by atoms with Crippen LogP contribution in [0.5, 0.6) is 5.75 Å². The van der Waals surface area contributed by atoms with Crippen LogP contribution in [0, 0.1) is 11.3 Å². The average Bonchev–Trinajstić information content (AvgIpc) is 2.87. The fourth-order valence-electron chi connectivity index (χ4n) is 3.32. The molecule has 0 aliphatic carbocycles. The number of hydrogen-bond acceptors (Lipinski definition) is 5. The molecule has 4 rings (SSSR count). The quantitative estimate of drug-likeness (QED) is 0.159. The second-order valence-electron chi connectivity index (χ2n) is 7.04. The molecule has 0 spiro atoms. The number of pyridine rings is 1. The molecule has 0 fully saturated rings. The number of ether oxygens (including phenoxy) is 1. The van der Waals surface area contributed by atoms with Crippen molar-refractivity contribution in [3.05, 3.63) is 102 Å². The van der Waals surface area contributed by atoms with Crippen LogP contribution in [-0.2, 0) is 5.75 Å². The molecule has 0 saturated heterocycles. The molecule has 158 valence electrons. The van der Waals surface area contributed by atoms with Crippen LogP contribution in [-0.4, -0.2) is 17.2 Å². The molecule has 0 radical (unpaired) electrons. The van der Waals surface area contributed by atoms with E-state index in [1.54, 1.807) is 18.9 Å². The summed E-state index contributed by atoms with van der Waals surface area (Å²) in [6, 6.07) is 32.7. The summed E-state index contributed by atoms with van der Waals surface area (Å²) in [5.74, 6) is 1.73. The van der Waals surface area contributed by atoms with Crippen molar-refractivity contribution in [1.29, 1.82) is 5.26 Å². The first-order chi connectivity index (χ1) is 15.8. The molecule has 0 aliphatic heterocycles. The van der Waals surface area contributed by atoms with Crippen LogP contribution in [0.4, 0.5) is 0 Å². The van der Waals surface area contributed by atoms with Crippen LogP contribution in [0.2, 0.25) is 0 Å². The smallest absolute Gasteiger partial charge is 0.118 e. The van der Waals surface area contributed by atoms with Gasteiger partial charge in [0, 0.05) is 22.0 Å². The Morgan fingerprint density at radius 3 is 2.22 bits per heavy atom. The number of methoxy groups -OCH3 is 1. The lowest BCUT2D eigenvalue weighted by atomic mass is 9.99. The van der Waals surface area contributed by atoms with Crippen LogP contribution in [0.1, 0.15) is 11.1 Å². The van der Waals surface area contributed by atoms with Crippen molar-refractivity contribution in [2.45, 2.75) is 10.8 Å². The van der Waals surface area contributed by atoms with Crippen molar-refractivity contribution in [3.8, 4) is 34.2 Å². The van der Waals surface area contributed by atoms with Crippen molar-refractivity contribution in [2.24, 2.45) is 0 Å². The maximum atomic E-state index is 10.00. The van der Waals surface area contributed by atoms with Crippen molar-refractivity contribution in [3.63, 3.8) is 0 Å². The minimum atomic E-state index is 0.624. The second-order valence-corrected chi connectivity index (χ2v) is 9.35. The Kier molecular flexibility index (Phi) is 7.50. The van der Waals surface area contributed by atoms with Gasteiger partial charge in [0.05, 0.1) is 18.4 Å². The molecule has 0 unspecified atom stereocenters. The molecule has 3 nitrogen and oxygen atoms in total. The van der Waals surface area contributed by atoms with Crippen molar-refractivity contribution >= 4 is 23.5 Å². The molecule has 0 saturated carbocycles. The van der Waals surface area contributed by atoms with Gasteiger partial charge in [-0.1, -0.05) is 72.4 Å². The standard InChI is InChI=1S/C27H22N2OS2/c1-30-23-14-12-22(13-15-23)26-16-24(21-10-6-3-7-11-21)25(17-28)27(29-26)32-19-31-18-20-8-4-2-5-9-20/h2-16H,18-19H2,1H3. The molecular formula is C27H22N2OS2. The van der Waals surface area contributed by atoms with E-state index < -0.39 is 0 Å². The SMILES string of the molecule is COc1ccc(-c2cc(-c3ccccc3)c(C#N)c(SCSCc3ccccc3)n2)cc1. The Morgan fingerprint density at radius 1 is 0.875 bits per heavy atom. The topological polar surface area (TPSA) is 45.9 Å². The van der Waals surface area contributed by atoms with E-state index in [-0.39, 0.29) is 0 Å². The van der Waals surface area contributed by atoms with E-state index in [0.29, 0.717) is 5.56 Å². The number of benzene rings is 3. The minimum absolute atomic E-state index is 0.624. The van der Waals surface area contributed by atoms with Crippen molar-refractivity contribution < 1.29 is 4.74 Å². The molecule has 0 aliphatic rings. The highest BCUT2D eigenvalue weighted by molar-refractivity contribution is 8.15. The van der Waals surface area contributed by atoms with E-state index in [1.165, 1.54) is 5.56 Å². The Labute approximate surface area is 197 Å². The largest absolute Gasteiger partial charge is 0.497 e. The van der Waals surface area contributed by atoms with E-state index in [0.717, 1.165) is 44.0 Å². The van der Waals surface area contributed by atoms with E-state index in [9.17, 15) is 5.26 Å². The zero-order chi connectivity index (χ0) is 22.2. The minimum Gasteiger partial charge on any atom is -0.497 e. The third-order valence-corrected chi connectivity index (χ3v) is 7.20. The van der Waals surface area contributed by atoms with E-state index in [2.05, 4.69) is 30.3 Å². The fraction of sp³-hybridized carbons (Fsp3) is 0.111. The normalized spacial score (nSPS) is 10.5. The molecule has 0 atom stereocenters. The monoisotopic (exact) mass is 454 g/mol. The van der Waals surface area contributed by atoms with Crippen LogP contribution in [0.25, 0.3) is 22.4 Å². The molecule has 1 heterocycles. The molecule has 4 aromatic rings. The highest BCUT2D eigenvalue weighted by atomic mass is 32.2. The Balaban J connectivity index is 1.66. The maximum Gasteiger partial charge on any atom is 0.118 e. The predicted octanol–water partition coefficient (Wildman–Crippen LogP) is 7.28. The lowest BCUT2D eigenvalue weighted by Crippen LogP contribution is -1.96. The van der Waals surface area contributed by atoms with Gasteiger partial charge in [0.2, 0.25) is 0 Å². The molecule has 3 aromatic carbocycles. The summed E-state index contributed by atoms with van der Waals surface area (Å²) in [6.07, 6.45) is 0. The third-order valence-electron chi connectivity index (χ3n) is 4.96. The number of rotatable bonds is 8. The van der Waals surface area contributed by atoms with Crippen molar-refractivity contribution in [1.82, 2.24) is 4.98 Å². The second kappa shape index (κ2) is 10.9. The van der Waals surface area contributed by atoms with Gasteiger partial charge in [0.15, 0.2) is 0 Å². The molecule has 32 heavy (non-hydrogen) atoms. The van der Waals surface area contributed by atoms with Gasteiger partial charge in [0.1, 0.15) is 16.8 Å². The lowest BCUT2D eigenvalue weighted by molar-refractivity contribution is 0.415. The molecule has 5 heteroatoms. The van der Waals surface area contributed by atoms with Gasteiger partial charge in [-0.15, -0.1) is 11.8 Å². The zero-order valence-electron chi connectivity index (χ0n) is 17.7. The Hall–Kier alpha value is -3.20. The van der Waals surface area contributed by atoms with Gasteiger partial charge in [-0.25, -0.2) is 4.98 Å². The van der Waals surface area contributed by atoms with Gasteiger partial charge < -0.3 is 4.74 Å². The number of thioether (sulfide) groups is 2. The average molecular weight is 455 g/mol. The first-order valence-corrected chi connectivity index (χ1v) is 12.3. The lowest BCUT2D eigenvalue weighted by Gasteiger charge is -2.13. The highest BCUT2D eigenvalue weighted by Crippen LogP contribution is 2.35. The third kappa shape index (κ3) is 5.34. The molecule has 0 bridgehead atoms. The summed E-state index contributed by atoms with van der Waals surface area (Å²) >= 11 is 3.45. The predicted molar refractivity (Wildman–Crippen MR) is 135 cm³/mol. The fourth-order valence-corrected chi connectivity index (χ4v) is 5.32. The van der Waals surface area contributed by atoms with Gasteiger partial charge in [-0.2, -0.15) is 5.26 Å². The summed E-state index contributed by atoms with van der Waals surface area (Å²) < 4.78 is 5.29. The number of hydrogen-bond donors (Lipinski definition) is 0.